The van der Waals surface area contributed by atoms with Crippen molar-refractivity contribution in [3.05, 3.63) is 16.9 Å². The highest BCUT2D eigenvalue weighted by Gasteiger charge is 2.01. The Morgan fingerprint density at radius 3 is 2.80 bits per heavy atom. The molecule has 82 valence electrons. The molecular formula is C9H12BrN3O2. The van der Waals surface area contributed by atoms with Crippen LogP contribution in [0, 0.1) is 0 Å². The summed E-state index contributed by atoms with van der Waals surface area (Å²) in [6, 6.07) is 0. The minimum atomic E-state index is -0.220. The molecule has 6 heteroatoms. The van der Waals surface area contributed by atoms with Gasteiger partial charge in [-0.15, -0.1) is 0 Å². The largest absolute Gasteiger partial charge is 0.466 e. The molecule has 0 unspecified atom stereocenters. The van der Waals surface area contributed by atoms with Crippen molar-refractivity contribution in [2.75, 3.05) is 18.5 Å². The maximum Gasteiger partial charge on any atom is 0.307 e. The van der Waals surface area contributed by atoms with Crippen molar-refractivity contribution in [1.82, 2.24) is 9.97 Å². The van der Waals surface area contributed by atoms with Gasteiger partial charge in [0.05, 0.1) is 17.5 Å². The lowest BCUT2D eigenvalue weighted by Gasteiger charge is -2.03. The number of hydrogen-bond acceptors (Lipinski definition) is 5. The SMILES string of the molecule is CCOC(=O)CCNc1ncc(Br)cn1. The minimum absolute atomic E-state index is 0.220. The summed E-state index contributed by atoms with van der Waals surface area (Å²) in [6.45, 7) is 2.66. The molecule has 1 heterocycles. The van der Waals surface area contributed by atoms with E-state index in [-0.39, 0.29) is 5.97 Å². The number of nitrogens with zero attached hydrogens (tertiary/aromatic N) is 2. The van der Waals surface area contributed by atoms with E-state index in [1.165, 1.54) is 0 Å². The quantitative estimate of drug-likeness (QED) is 0.826. The van der Waals surface area contributed by atoms with Crippen molar-refractivity contribution >= 4 is 27.8 Å². The second kappa shape index (κ2) is 6.34. The summed E-state index contributed by atoms with van der Waals surface area (Å²) in [4.78, 5) is 19.0. The molecule has 0 aliphatic heterocycles. The highest BCUT2D eigenvalue weighted by atomic mass is 79.9. The average molecular weight is 274 g/mol. The van der Waals surface area contributed by atoms with Crippen LogP contribution in [0.2, 0.25) is 0 Å². The first kappa shape index (κ1) is 11.9. The van der Waals surface area contributed by atoms with Gasteiger partial charge in [-0.1, -0.05) is 0 Å². The van der Waals surface area contributed by atoms with Crippen molar-refractivity contribution in [1.29, 1.82) is 0 Å². The summed E-state index contributed by atoms with van der Waals surface area (Å²) in [6.07, 6.45) is 3.59. The summed E-state index contributed by atoms with van der Waals surface area (Å²) < 4.78 is 5.59. The summed E-state index contributed by atoms with van der Waals surface area (Å²) >= 11 is 3.23. The molecule has 0 aliphatic rings. The van der Waals surface area contributed by atoms with Crippen LogP contribution in [-0.4, -0.2) is 29.1 Å². The highest BCUT2D eigenvalue weighted by molar-refractivity contribution is 9.10. The van der Waals surface area contributed by atoms with E-state index in [0.29, 0.717) is 25.5 Å². The van der Waals surface area contributed by atoms with Crippen molar-refractivity contribution in [3.8, 4) is 0 Å². The third kappa shape index (κ3) is 4.73. The fourth-order valence-corrected chi connectivity index (χ4v) is 1.12. The molecular weight excluding hydrogens is 262 g/mol. The molecule has 5 nitrogen and oxygen atoms in total. The van der Waals surface area contributed by atoms with E-state index in [2.05, 4.69) is 31.2 Å². The first-order valence-electron chi connectivity index (χ1n) is 4.59. The second-order valence-corrected chi connectivity index (χ2v) is 3.62. The van der Waals surface area contributed by atoms with Gasteiger partial charge in [-0.3, -0.25) is 4.79 Å². The second-order valence-electron chi connectivity index (χ2n) is 2.71. The third-order valence-electron chi connectivity index (χ3n) is 1.54. The Morgan fingerprint density at radius 1 is 1.53 bits per heavy atom. The molecule has 1 N–H and O–H groups in total. The number of aromatic nitrogens is 2. The summed E-state index contributed by atoms with van der Waals surface area (Å²) in [7, 11) is 0. The van der Waals surface area contributed by atoms with Crippen LogP contribution in [-0.2, 0) is 9.53 Å². The molecule has 0 spiro atoms. The molecule has 0 saturated heterocycles. The van der Waals surface area contributed by atoms with Gasteiger partial charge >= 0.3 is 5.97 Å². The van der Waals surface area contributed by atoms with Crippen LogP contribution >= 0.6 is 15.9 Å². The van der Waals surface area contributed by atoms with Crippen molar-refractivity contribution in [3.63, 3.8) is 0 Å². The lowest BCUT2D eigenvalue weighted by molar-refractivity contribution is -0.142. The molecule has 1 aromatic rings. The molecule has 1 aromatic heterocycles. The Balaban J connectivity index is 2.26. The van der Waals surface area contributed by atoms with Crippen LogP contribution in [0.25, 0.3) is 0 Å². The third-order valence-corrected chi connectivity index (χ3v) is 1.95. The molecule has 0 aromatic carbocycles. The number of nitrogens with one attached hydrogen (secondary N) is 1. The van der Waals surface area contributed by atoms with E-state index in [1.54, 1.807) is 19.3 Å². The topological polar surface area (TPSA) is 64.1 Å². The van der Waals surface area contributed by atoms with Crippen LogP contribution in [0.5, 0.6) is 0 Å². The number of ether oxygens (including phenoxy) is 1. The lowest BCUT2D eigenvalue weighted by Crippen LogP contribution is -2.12. The van der Waals surface area contributed by atoms with Gasteiger partial charge in [-0.05, 0) is 22.9 Å². The Morgan fingerprint density at radius 2 is 2.20 bits per heavy atom. The predicted octanol–water partition coefficient (Wildman–Crippen LogP) is 1.60. The van der Waals surface area contributed by atoms with Gasteiger partial charge in [0.25, 0.3) is 0 Å². The zero-order chi connectivity index (χ0) is 11.1. The van der Waals surface area contributed by atoms with Gasteiger partial charge in [-0.25, -0.2) is 9.97 Å². The number of rotatable bonds is 5. The van der Waals surface area contributed by atoms with Crippen LogP contribution in [0.15, 0.2) is 16.9 Å². The Bertz CT molecular complexity index is 316. The van der Waals surface area contributed by atoms with E-state index in [9.17, 15) is 4.79 Å². The Hall–Kier alpha value is -1.17. The van der Waals surface area contributed by atoms with Crippen LogP contribution < -0.4 is 5.32 Å². The number of hydrogen-bond donors (Lipinski definition) is 1. The monoisotopic (exact) mass is 273 g/mol. The molecule has 0 atom stereocenters. The molecule has 0 radical (unpaired) electrons. The molecule has 0 amide bonds. The minimum Gasteiger partial charge on any atom is -0.466 e. The Labute approximate surface area is 96.4 Å². The number of carbonyl (C=O) groups is 1. The first-order valence-corrected chi connectivity index (χ1v) is 5.38. The van der Waals surface area contributed by atoms with Gasteiger partial charge in [-0.2, -0.15) is 0 Å². The van der Waals surface area contributed by atoms with Gasteiger partial charge in [0, 0.05) is 18.9 Å². The van der Waals surface area contributed by atoms with Crippen molar-refractivity contribution in [2.24, 2.45) is 0 Å². The molecule has 15 heavy (non-hydrogen) atoms. The molecule has 1 rings (SSSR count). The molecule has 0 bridgehead atoms. The smallest absolute Gasteiger partial charge is 0.307 e. The van der Waals surface area contributed by atoms with E-state index < -0.39 is 0 Å². The predicted molar refractivity (Wildman–Crippen MR) is 59.5 cm³/mol. The van der Waals surface area contributed by atoms with E-state index >= 15 is 0 Å². The normalized spacial score (nSPS) is 9.73. The maximum absolute atomic E-state index is 11.0. The van der Waals surface area contributed by atoms with E-state index in [0.717, 1.165) is 4.47 Å². The van der Waals surface area contributed by atoms with Gasteiger partial charge in [0.2, 0.25) is 5.95 Å². The number of carbonyl (C=O) groups excluding carboxylic acids is 1. The number of halogens is 1. The number of esters is 1. The van der Waals surface area contributed by atoms with Crippen molar-refractivity contribution < 1.29 is 9.53 Å². The fraction of sp³-hybridized carbons (Fsp3) is 0.444. The number of anilines is 1. The van der Waals surface area contributed by atoms with Gasteiger partial charge in [0.1, 0.15) is 0 Å². The van der Waals surface area contributed by atoms with Crippen LogP contribution in [0.1, 0.15) is 13.3 Å². The van der Waals surface area contributed by atoms with Gasteiger partial charge < -0.3 is 10.1 Å². The first-order chi connectivity index (χ1) is 7.22. The van der Waals surface area contributed by atoms with E-state index in [1.807, 2.05) is 0 Å². The summed E-state index contributed by atoms with van der Waals surface area (Å²) in [5.41, 5.74) is 0. The molecule has 0 aliphatic carbocycles. The fourth-order valence-electron chi connectivity index (χ4n) is 0.913. The molecule has 0 saturated carbocycles. The summed E-state index contributed by atoms with van der Waals surface area (Å²) in [5, 5.41) is 2.92. The zero-order valence-electron chi connectivity index (χ0n) is 8.36. The standard InChI is InChI=1S/C9H12BrN3O2/c1-2-15-8(14)3-4-11-9-12-5-7(10)6-13-9/h5-6H,2-4H2,1H3,(H,11,12,13). The average Bonchev–Trinajstić information content (AvgIpc) is 2.21. The highest BCUT2D eigenvalue weighted by Crippen LogP contribution is 2.06. The molecule has 0 fully saturated rings. The lowest BCUT2D eigenvalue weighted by atomic mass is 10.4. The van der Waals surface area contributed by atoms with Crippen molar-refractivity contribution in [2.45, 2.75) is 13.3 Å². The zero-order valence-corrected chi connectivity index (χ0v) is 9.95. The van der Waals surface area contributed by atoms with Crippen LogP contribution in [0.4, 0.5) is 5.95 Å². The Kier molecular flexibility index (Phi) is 5.03. The summed E-state index contributed by atoms with van der Waals surface area (Å²) in [5.74, 6) is 0.282. The maximum atomic E-state index is 11.0. The van der Waals surface area contributed by atoms with E-state index in [4.69, 9.17) is 4.74 Å². The van der Waals surface area contributed by atoms with Gasteiger partial charge in [0.15, 0.2) is 0 Å². The van der Waals surface area contributed by atoms with Crippen LogP contribution in [0.3, 0.4) is 0 Å².